The Morgan fingerprint density at radius 1 is 1.38 bits per heavy atom. The minimum Gasteiger partial charge on any atom is -0.336 e. The first-order valence-electron chi connectivity index (χ1n) is 7.38. The molecule has 1 amide bonds. The monoisotopic (exact) mass is 389 g/mol. The zero-order valence-corrected chi connectivity index (χ0v) is 15.4. The molecule has 1 aromatic heterocycles. The largest absolute Gasteiger partial charge is 0.336 e. The van der Waals surface area contributed by atoms with Gasteiger partial charge in [-0.2, -0.15) is 0 Å². The Kier molecular flexibility index (Phi) is 6.09. The number of nitrogens with zero attached hydrogens (tertiary/aromatic N) is 4. The van der Waals surface area contributed by atoms with Crippen LogP contribution in [0.25, 0.3) is 5.69 Å². The lowest BCUT2D eigenvalue weighted by molar-refractivity contribution is 0.0775. The third-order valence-electron chi connectivity index (χ3n) is 4.02. The van der Waals surface area contributed by atoms with Gasteiger partial charge < -0.3 is 10.6 Å². The Bertz CT molecular complexity index is 728. The van der Waals surface area contributed by atoms with Crippen molar-refractivity contribution in [1.82, 2.24) is 19.7 Å². The molecular formula is C15H18Cl3N5O. The summed E-state index contributed by atoms with van der Waals surface area (Å²) in [6, 6.07) is 5.19. The SMILES string of the molecule is Cc1nc(C(=O)N2CCC(CN)C2)nn1-c1c(Cl)cccc1Cl.Cl. The highest BCUT2D eigenvalue weighted by Crippen LogP contribution is 2.28. The number of carbonyl (C=O) groups excluding carboxylic acids is 1. The number of rotatable bonds is 3. The first-order valence-corrected chi connectivity index (χ1v) is 8.14. The Morgan fingerprint density at radius 2 is 2.04 bits per heavy atom. The van der Waals surface area contributed by atoms with Crippen molar-refractivity contribution >= 4 is 41.5 Å². The van der Waals surface area contributed by atoms with E-state index in [2.05, 4.69) is 10.1 Å². The van der Waals surface area contributed by atoms with E-state index in [0.29, 0.717) is 47.1 Å². The van der Waals surface area contributed by atoms with Gasteiger partial charge in [-0.1, -0.05) is 29.3 Å². The van der Waals surface area contributed by atoms with E-state index in [0.717, 1.165) is 6.42 Å². The van der Waals surface area contributed by atoms with Crippen LogP contribution in [0.5, 0.6) is 0 Å². The van der Waals surface area contributed by atoms with Gasteiger partial charge in [-0.25, -0.2) is 9.67 Å². The summed E-state index contributed by atoms with van der Waals surface area (Å²) in [5.41, 5.74) is 6.20. The van der Waals surface area contributed by atoms with Crippen LogP contribution in [0, 0.1) is 12.8 Å². The molecule has 1 aliphatic heterocycles. The molecule has 0 aliphatic carbocycles. The summed E-state index contributed by atoms with van der Waals surface area (Å²) < 4.78 is 1.51. The van der Waals surface area contributed by atoms with Crippen LogP contribution in [0.15, 0.2) is 18.2 Å². The van der Waals surface area contributed by atoms with E-state index in [9.17, 15) is 4.79 Å². The molecule has 1 atom stereocenters. The molecule has 2 heterocycles. The smallest absolute Gasteiger partial charge is 0.293 e. The second kappa shape index (κ2) is 7.70. The maximum absolute atomic E-state index is 12.6. The average Bonchev–Trinajstić information content (AvgIpc) is 3.14. The van der Waals surface area contributed by atoms with E-state index in [1.165, 1.54) is 4.68 Å². The van der Waals surface area contributed by atoms with Gasteiger partial charge in [0.2, 0.25) is 5.82 Å². The number of benzene rings is 1. The van der Waals surface area contributed by atoms with Gasteiger partial charge in [0, 0.05) is 13.1 Å². The second-order valence-corrected chi connectivity index (χ2v) is 6.42. The van der Waals surface area contributed by atoms with E-state index < -0.39 is 0 Å². The van der Waals surface area contributed by atoms with Crippen LogP contribution >= 0.6 is 35.6 Å². The zero-order chi connectivity index (χ0) is 16.6. The third kappa shape index (κ3) is 3.52. The first kappa shape index (κ1) is 19.0. The number of hydrogen-bond donors (Lipinski definition) is 1. The summed E-state index contributed by atoms with van der Waals surface area (Å²) in [6.07, 6.45) is 0.915. The zero-order valence-electron chi connectivity index (χ0n) is 13.1. The minimum absolute atomic E-state index is 0. The first-order chi connectivity index (χ1) is 11.0. The van der Waals surface area contributed by atoms with Crippen molar-refractivity contribution < 1.29 is 4.79 Å². The Morgan fingerprint density at radius 3 is 2.62 bits per heavy atom. The number of aryl methyl sites for hydroxylation is 1. The summed E-state index contributed by atoms with van der Waals surface area (Å²) >= 11 is 12.4. The van der Waals surface area contributed by atoms with Gasteiger partial charge in [0.15, 0.2) is 0 Å². The molecule has 9 heteroatoms. The normalized spacial score (nSPS) is 17.0. The van der Waals surface area contributed by atoms with Gasteiger partial charge >= 0.3 is 0 Å². The van der Waals surface area contributed by atoms with Crippen molar-refractivity contribution in [3.8, 4) is 5.69 Å². The highest BCUT2D eigenvalue weighted by molar-refractivity contribution is 6.37. The van der Waals surface area contributed by atoms with Gasteiger partial charge in [0.05, 0.1) is 10.0 Å². The van der Waals surface area contributed by atoms with Crippen LogP contribution in [0.3, 0.4) is 0 Å². The summed E-state index contributed by atoms with van der Waals surface area (Å²) in [5, 5.41) is 5.22. The average molecular weight is 391 g/mol. The van der Waals surface area contributed by atoms with Crippen LogP contribution in [0.2, 0.25) is 10.0 Å². The van der Waals surface area contributed by atoms with E-state index in [1.807, 2.05) is 0 Å². The number of amides is 1. The van der Waals surface area contributed by atoms with E-state index in [4.69, 9.17) is 28.9 Å². The van der Waals surface area contributed by atoms with Gasteiger partial charge in [0.1, 0.15) is 11.5 Å². The van der Waals surface area contributed by atoms with E-state index in [-0.39, 0.29) is 24.1 Å². The summed E-state index contributed by atoms with van der Waals surface area (Å²) in [7, 11) is 0. The van der Waals surface area contributed by atoms with Gasteiger partial charge in [0.25, 0.3) is 5.91 Å². The van der Waals surface area contributed by atoms with Crippen molar-refractivity contribution in [2.24, 2.45) is 11.7 Å². The van der Waals surface area contributed by atoms with Gasteiger partial charge in [-0.05, 0) is 37.9 Å². The van der Waals surface area contributed by atoms with Crippen LogP contribution in [-0.4, -0.2) is 45.2 Å². The predicted octanol–water partition coefficient (Wildman–Crippen LogP) is 2.73. The molecule has 24 heavy (non-hydrogen) atoms. The fourth-order valence-electron chi connectivity index (χ4n) is 2.73. The molecule has 130 valence electrons. The van der Waals surface area contributed by atoms with Crippen molar-refractivity contribution in [1.29, 1.82) is 0 Å². The van der Waals surface area contributed by atoms with E-state index >= 15 is 0 Å². The fraction of sp³-hybridized carbons (Fsp3) is 0.400. The molecule has 6 nitrogen and oxygen atoms in total. The van der Waals surface area contributed by atoms with Crippen molar-refractivity contribution in [3.63, 3.8) is 0 Å². The minimum atomic E-state index is -0.189. The van der Waals surface area contributed by atoms with Crippen LogP contribution in [-0.2, 0) is 0 Å². The molecule has 0 radical (unpaired) electrons. The van der Waals surface area contributed by atoms with Crippen LogP contribution in [0.4, 0.5) is 0 Å². The lowest BCUT2D eigenvalue weighted by atomic mass is 10.1. The highest BCUT2D eigenvalue weighted by atomic mass is 35.5. The van der Waals surface area contributed by atoms with Crippen LogP contribution in [0.1, 0.15) is 22.9 Å². The molecular weight excluding hydrogens is 373 g/mol. The number of aromatic nitrogens is 3. The standard InChI is InChI=1S/C15H17Cl2N5O.ClH/c1-9-19-14(15(23)21-6-5-10(7-18)8-21)20-22(9)13-11(16)3-2-4-12(13)17;/h2-4,10H,5-8,18H2,1H3;1H. The second-order valence-electron chi connectivity index (χ2n) is 5.61. The van der Waals surface area contributed by atoms with E-state index in [1.54, 1.807) is 30.0 Å². The predicted molar refractivity (Wildman–Crippen MR) is 96.4 cm³/mol. The lowest BCUT2D eigenvalue weighted by Crippen LogP contribution is -2.30. The molecule has 1 unspecified atom stereocenters. The summed E-state index contributed by atoms with van der Waals surface area (Å²) in [5.74, 6) is 0.861. The van der Waals surface area contributed by atoms with Crippen molar-refractivity contribution in [2.75, 3.05) is 19.6 Å². The molecule has 1 saturated heterocycles. The summed E-state index contributed by atoms with van der Waals surface area (Å²) in [4.78, 5) is 18.6. The topological polar surface area (TPSA) is 77.0 Å². The number of para-hydroxylation sites is 1. The number of carbonyl (C=O) groups is 1. The molecule has 1 aliphatic rings. The lowest BCUT2D eigenvalue weighted by Gasteiger charge is -2.13. The molecule has 1 fully saturated rings. The molecule has 2 N–H and O–H groups in total. The number of hydrogen-bond acceptors (Lipinski definition) is 4. The molecule has 0 saturated carbocycles. The third-order valence-corrected chi connectivity index (χ3v) is 4.63. The summed E-state index contributed by atoms with van der Waals surface area (Å²) in [6.45, 7) is 3.67. The number of nitrogens with two attached hydrogens (primary N) is 1. The fourth-order valence-corrected chi connectivity index (χ4v) is 3.29. The molecule has 0 spiro atoms. The van der Waals surface area contributed by atoms with Gasteiger partial charge in [-0.3, -0.25) is 4.79 Å². The van der Waals surface area contributed by atoms with Gasteiger partial charge in [-0.15, -0.1) is 17.5 Å². The van der Waals surface area contributed by atoms with Crippen molar-refractivity contribution in [3.05, 3.63) is 39.9 Å². The molecule has 1 aromatic carbocycles. The Balaban J connectivity index is 0.00000208. The number of likely N-dealkylation sites (tertiary alicyclic amines) is 1. The Labute approximate surface area is 156 Å². The maximum Gasteiger partial charge on any atom is 0.293 e. The Hall–Kier alpha value is -1.34. The molecule has 3 rings (SSSR count). The van der Waals surface area contributed by atoms with Crippen molar-refractivity contribution in [2.45, 2.75) is 13.3 Å². The van der Waals surface area contributed by atoms with Crippen LogP contribution < -0.4 is 5.73 Å². The quantitative estimate of drug-likeness (QED) is 0.874. The highest BCUT2D eigenvalue weighted by Gasteiger charge is 2.29. The number of halogens is 3. The molecule has 2 aromatic rings. The maximum atomic E-state index is 12.6. The molecule has 0 bridgehead atoms.